The van der Waals surface area contributed by atoms with Gasteiger partial charge in [0.25, 0.3) is 0 Å². The van der Waals surface area contributed by atoms with Crippen molar-refractivity contribution in [2.75, 3.05) is 7.11 Å². The standard InChI is InChI=1S/C31H30O2/c1-17-12-19(3)27(20(4)13-17)29-28-21(5)14-18(2)22(6)30(28)33-31(29)25-9-8-24-16-26(32-7)11-10-23(24)15-25/h8-16H,1-7H3. The first-order valence-corrected chi connectivity index (χ1v) is 11.5. The van der Waals surface area contributed by atoms with Crippen molar-refractivity contribution in [1.82, 2.24) is 0 Å². The number of aryl methyl sites for hydroxylation is 6. The molecule has 0 unspecified atom stereocenters. The molecule has 0 N–H and O–H groups in total. The number of fused-ring (bicyclic) bond motifs is 2. The van der Waals surface area contributed by atoms with Gasteiger partial charge in [-0.15, -0.1) is 0 Å². The predicted octanol–water partition coefficient (Wildman–Crippen LogP) is 8.78. The molecule has 0 aliphatic heterocycles. The summed E-state index contributed by atoms with van der Waals surface area (Å²) in [7, 11) is 1.70. The molecule has 0 radical (unpaired) electrons. The molecule has 1 heterocycles. The van der Waals surface area contributed by atoms with E-state index in [1.807, 2.05) is 6.07 Å². The van der Waals surface area contributed by atoms with Crippen LogP contribution in [0.5, 0.6) is 5.75 Å². The van der Waals surface area contributed by atoms with Gasteiger partial charge in [-0.1, -0.05) is 42.0 Å². The second-order valence-corrected chi connectivity index (χ2v) is 9.35. The van der Waals surface area contributed by atoms with Crippen molar-refractivity contribution >= 4 is 21.7 Å². The summed E-state index contributed by atoms with van der Waals surface area (Å²) >= 11 is 0. The van der Waals surface area contributed by atoms with Crippen molar-refractivity contribution in [3.63, 3.8) is 0 Å². The molecular formula is C31H30O2. The van der Waals surface area contributed by atoms with Gasteiger partial charge in [-0.25, -0.2) is 0 Å². The third-order valence-electron chi connectivity index (χ3n) is 6.90. The summed E-state index contributed by atoms with van der Waals surface area (Å²) in [6.45, 7) is 13.1. The molecule has 0 atom stereocenters. The number of furan rings is 1. The van der Waals surface area contributed by atoms with Crippen LogP contribution in [0.2, 0.25) is 0 Å². The van der Waals surface area contributed by atoms with Gasteiger partial charge in [0.1, 0.15) is 17.1 Å². The van der Waals surface area contributed by atoms with E-state index in [0.717, 1.165) is 28.0 Å². The molecule has 0 spiro atoms. The van der Waals surface area contributed by atoms with Gasteiger partial charge >= 0.3 is 0 Å². The summed E-state index contributed by atoms with van der Waals surface area (Å²) in [5.41, 5.74) is 12.1. The summed E-state index contributed by atoms with van der Waals surface area (Å²) in [6.07, 6.45) is 0. The molecule has 2 heteroatoms. The van der Waals surface area contributed by atoms with Crippen LogP contribution in [0.3, 0.4) is 0 Å². The lowest BCUT2D eigenvalue weighted by molar-refractivity contribution is 0.415. The van der Waals surface area contributed by atoms with Crippen LogP contribution in [0.25, 0.3) is 44.2 Å². The van der Waals surface area contributed by atoms with Crippen LogP contribution in [0, 0.1) is 41.5 Å². The Morgan fingerprint density at radius 3 is 2.00 bits per heavy atom. The van der Waals surface area contributed by atoms with Crippen molar-refractivity contribution in [2.24, 2.45) is 0 Å². The Balaban J connectivity index is 1.88. The quantitative estimate of drug-likeness (QED) is 0.283. The van der Waals surface area contributed by atoms with Crippen molar-refractivity contribution in [3.05, 3.63) is 88.0 Å². The average molecular weight is 435 g/mol. The smallest absolute Gasteiger partial charge is 0.143 e. The van der Waals surface area contributed by atoms with E-state index in [4.69, 9.17) is 9.15 Å². The van der Waals surface area contributed by atoms with E-state index in [0.29, 0.717) is 0 Å². The zero-order chi connectivity index (χ0) is 23.4. The Morgan fingerprint density at radius 2 is 1.30 bits per heavy atom. The minimum absolute atomic E-state index is 0.868. The van der Waals surface area contributed by atoms with Crippen molar-refractivity contribution in [2.45, 2.75) is 41.5 Å². The number of rotatable bonds is 3. The van der Waals surface area contributed by atoms with E-state index >= 15 is 0 Å². The molecule has 2 nitrogen and oxygen atoms in total. The van der Waals surface area contributed by atoms with Gasteiger partial charge in [-0.2, -0.15) is 0 Å². The first-order valence-electron chi connectivity index (χ1n) is 11.5. The van der Waals surface area contributed by atoms with E-state index in [-0.39, 0.29) is 0 Å². The number of methoxy groups -OCH3 is 1. The fraction of sp³-hybridized carbons (Fsp3) is 0.226. The fourth-order valence-corrected chi connectivity index (χ4v) is 5.26. The predicted molar refractivity (Wildman–Crippen MR) is 140 cm³/mol. The van der Waals surface area contributed by atoms with Gasteiger partial charge in [0.2, 0.25) is 0 Å². The van der Waals surface area contributed by atoms with Gasteiger partial charge in [0.15, 0.2) is 0 Å². The lowest BCUT2D eigenvalue weighted by Crippen LogP contribution is -1.93. The monoisotopic (exact) mass is 434 g/mol. The molecular weight excluding hydrogens is 404 g/mol. The molecule has 0 aliphatic rings. The Bertz CT molecular complexity index is 1530. The molecule has 0 amide bonds. The number of hydrogen-bond donors (Lipinski definition) is 0. The minimum atomic E-state index is 0.868. The Morgan fingerprint density at radius 1 is 0.636 bits per heavy atom. The molecule has 0 fully saturated rings. The van der Waals surface area contributed by atoms with E-state index < -0.39 is 0 Å². The van der Waals surface area contributed by atoms with Crippen LogP contribution >= 0.6 is 0 Å². The first-order chi connectivity index (χ1) is 15.8. The van der Waals surface area contributed by atoms with E-state index in [9.17, 15) is 0 Å². The zero-order valence-electron chi connectivity index (χ0n) is 20.5. The third kappa shape index (κ3) is 3.41. The second-order valence-electron chi connectivity index (χ2n) is 9.35. The lowest BCUT2D eigenvalue weighted by Gasteiger charge is -2.14. The highest BCUT2D eigenvalue weighted by molar-refractivity contribution is 6.06. The molecule has 4 aromatic carbocycles. The number of ether oxygens (including phenoxy) is 1. The van der Waals surface area contributed by atoms with Crippen LogP contribution in [-0.2, 0) is 0 Å². The molecule has 166 valence electrons. The SMILES string of the molecule is COc1ccc2cc(-c3oc4c(C)c(C)cc(C)c4c3-c3c(C)cc(C)cc3C)ccc2c1. The van der Waals surface area contributed by atoms with Crippen LogP contribution in [0.4, 0.5) is 0 Å². The maximum absolute atomic E-state index is 6.74. The highest BCUT2D eigenvalue weighted by atomic mass is 16.5. The van der Waals surface area contributed by atoms with Crippen molar-refractivity contribution in [1.29, 1.82) is 0 Å². The lowest BCUT2D eigenvalue weighted by atomic mass is 9.88. The fourth-order valence-electron chi connectivity index (χ4n) is 5.26. The molecule has 1 aromatic heterocycles. The third-order valence-corrected chi connectivity index (χ3v) is 6.90. The van der Waals surface area contributed by atoms with Crippen molar-refractivity contribution < 1.29 is 9.15 Å². The maximum atomic E-state index is 6.74. The highest BCUT2D eigenvalue weighted by Crippen LogP contribution is 2.46. The summed E-state index contributed by atoms with van der Waals surface area (Å²) < 4.78 is 12.2. The second kappa shape index (κ2) is 7.81. The number of benzene rings is 4. The largest absolute Gasteiger partial charge is 0.497 e. The summed E-state index contributed by atoms with van der Waals surface area (Å²) in [5.74, 6) is 1.81. The Labute approximate surface area is 195 Å². The first kappa shape index (κ1) is 21.3. The van der Waals surface area contributed by atoms with Crippen LogP contribution in [0.15, 0.2) is 59.0 Å². The van der Waals surface area contributed by atoms with Gasteiger partial charge in [0.05, 0.1) is 7.11 Å². The van der Waals surface area contributed by atoms with Crippen LogP contribution in [-0.4, -0.2) is 7.11 Å². The van der Waals surface area contributed by atoms with E-state index in [1.54, 1.807) is 7.11 Å². The van der Waals surface area contributed by atoms with Crippen LogP contribution in [0.1, 0.15) is 33.4 Å². The molecule has 0 saturated heterocycles. The molecule has 5 aromatic rings. The average Bonchev–Trinajstić information content (AvgIpc) is 3.17. The molecule has 0 saturated carbocycles. The van der Waals surface area contributed by atoms with Gasteiger partial charge < -0.3 is 9.15 Å². The zero-order valence-corrected chi connectivity index (χ0v) is 20.5. The van der Waals surface area contributed by atoms with Gasteiger partial charge in [-0.3, -0.25) is 0 Å². The summed E-state index contributed by atoms with van der Waals surface area (Å²) in [4.78, 5) is 0. The number of hydrogen-bond acceptors (Lipinski definition) is 2. The van der Waals surface area contributed by atoms with Gasteiger partial charge in [0, 0.05) is 16.5 Å². The normalized spacial score (nSPS) is 11.5. The minimum Gasteiger partial charge on any atom is -0.497 e. The summed E-state index contributed by atoms with van der Waals surface area (Å²) in [5, 5.41) is 3.54. The summed E-state index contributed by atoms with van der Waals surface area (Å²) in [6, 6.07) is 19.6. The molecule has 0 aliphatic carbocycles. The van der Waals surface area contributed by atoms with Gasteiger partial charge in [-0.05, 0) is 104 Å². The molecule has 0 bridgehead atoms. The van der Waals surface area contributed by atoms with Crippen LogP contribution < -0.4 is 4.74 Å². The van der Waals surface area contributed by atoms with Crippen molar-refractivity contribution in [3.8, 4) is 28.2 Å². The Hall–Kier alpha value is -3.52. The van der Waals surface area contributed by atoms with E-state index in [1.165, 1.54) is 55.3 Å². The topological polar surface area (TPSA) is 22.4 Å². The van der Waals surface area contributed by atoms with E-state index in [2.05, 4.69) is 90.1 Å². The Kier molecular flexibility index (Phi) is 5.05. The maximum Gasteiger partial charge on any atom is 0.143 e. The highest BCUT2D eigenvalue weighted by Gasteiger charge is 2.24. The molecule has 5 rings (SSSR count). The molecule has 33 heavy (non-hydrogen) atoms.